The fourth-order valence-electron chi connectivity index (χ4n) is 3.88. The topological polar surface area (TPSA) is 116 Å². The highest BCUT2D eigenvalue weighted by molar-refractivity contribution is 7.89. The van der Waals surface area contributed by atoms with Crippen LogP contribution in [0.25, 0.3) is 0 Å². The largest absolute Gasteiger partial charge is 0.368 e. The molecule has 0 amide bonds. The van der Waals surface area contributed by atoms with Gasteiger partial charge in [0.25, 0.3) is 5.69 Å². The summed E-state index contributed by atoms with van der Waals surface area (Å²) in [7, 11) is -0.0332. The Hall–Kier alpha value is -3.02. The number of piperazine rings is 1. The summed E-state index contributed by atoms with van der Waals surface area (Å²) in [4.78, 5) is 28.6. The average molecular weight is 490 g/mol. The lowest BCUT2D eigenvalue weighted by Gasteiger charge is -2.37. The summed E-state index contributed by atoms with van der Waals surface area (Å²) in [6.45, 7) is 4.89. The maximum Gasteiger partial charge on any atom is 0.293 e. The Labute approximate surface area is 200 Å². The summed E-state index contributed by atoms with van der Waals surface area (Å²) in [5.74, 6) is 0.0119. The molecule has 184 valence electrons. The van der Waals surface area contributed by atoms with Crippen LogP contribution in [-0.4, -0.2) is 77.4 Å². The van der Waals surface area contributed by atoms with E-state index in [1.165, 1.54) is 19.1 Å². The van der Waals surface area contributed by atoms with Gasteiger partial charge in [0.15, 0.2) is 5.78 Å². The third-order valence-electron chi connectivity index (χ3n) is 5.79. The number of nitrogens with one attached hydrogen (secondary N) is 1. The SMILES string of the molecule is CC(=O)c1ccc(N2CCN(c3ccc(S(=O)(=O)NCCCN(C)C)cc3[N+](=O)[O-])CC2)cc1. The predicted molar refractivity (Wildman–Crippen MR) is 132 cm³/mol. The summed E-state index contributed by atoms with van der Waals surface area (Å²) in [5.41, 5.74) is 1.82. The Bertz CT molecular complexity index is 1130. The van der Waals surface area contributed by atoms with Crippen LogP contribution in [0.15, 0.2) is 47.4 Å². The van der Waals surface area contributed by atoms with Crippen LogP contribution in [0.3, 0.4) is 0 Å². The zero-order valence-electron chi connectivity index (χ0n) is 19.7. The molecule has 1 saturated heterocycles. The fraction of sp³-hybridized carbons (Fsp3) is 0.435. The van der Waals surface area contributed by atoms with Gasteiger partial charge < -0.3 is 14.7 Å². The Balaban J connectivity index is 1.70. The second-order valence-corrected chi connectivity index (χ2v) is 10.3. The number of nitro benzene ring substituents is 1. The van der Waals surface area contributed by atoms with Crippen molar-refractivity contribution in [2.75, 3.05) is 63.2 Å². The number of sulfonamides is 1. The minimum Gasteiger partial charge on any atom is -0.368 e. The van der Waals surface area contributed by atoms with Crippen molar-refractivity contribution in [3.05, 3.63) is 58.1 Å². The first-order valence-corrected chi connectivity index (χ1v) is 12.6. The van der Waals surface area contributed by atoms with Crippen molar-refractivity contribution in [1.29, 1.82) is 0 Å². The van der Waals surface area contributed by atoms with E-state index in [4.69, 9.17) is 0 Å². The number of benzene rings is 2. The first kappa shape index (κ1) is 25.6. The molecule has 1 aliphatic heterocycles. The quantitative estimate of drug-likeness (QED) is 0.234. The molecule has 1 aliphatic rings. The van der Waals surface area contributed by atoms with Crippen LogP contribution in [0.4, 0.5) is 17.1 Å². The molecule has 0 bridgehead atoms. The van der Waals surface area contributed by atoms with E-state index < -0.39 is 14.9 Å². The molecular weight excluding hydrogens is 458 g/mol. The molecular formula is C23H31N5O5S. The summed E-state index contributed by atoms with van der Waals surface area (Å²) in [6.07, 6.45) is 0.633. The van der Waals surface area contributed by atoms with Crippen LogP contribution >= 0.6 is 0 Å². The molecule has 0 spiro atoms. The minimum absolute atomic E-state index is 0.0119. The number of Topliss-reactive ketones (excluding diaryl/α,β-unsaturated/α-hetero) is 1. The van der Waals surface area contributed by atoms with Gasteiger partial charge >= 0.3 is 0 Å². The molecule has 0 saturated carbocycles. The lowest BCUT2D eigenvalue weighted by molar-refractivity contribution is -0.384. The molecule has 3 rings (SSSR count). The van der Waals surface area contributed by atoms with Gasteiger partial charge in [0.05, 0.1) is 9.82 Å². The fourth-order valence-corrected chi connectivity index (χ4v) is 4.98. The lowest BCUT2D eigenvalue weighted by atomic mass is 10.1. The summed E-state index contributed by atoms with van der Waals surface area (Å²) >= 11 is 0. The monoisotopic (exact) mass is 489 g/mol. The third kappa shape index (κ3) is 6.31. The number of hydrogen-bond acceptors (Lipinski definition) is 8. The number of anilines is 2. The van der Waals surface area contributed by atoms with E-state index in [-0.39, 0.29) is 22.9 Å². The van der Waals surface area contributed by atoms with Crippen molar-refractivity contribution in [2.24, 2.45) is 0 Å². The number of hydrogen-bond donors (Lipinski definition) is 1. The molecule has 34 heavy (non-hydrogen) atoms. The molecule has 0 aromatic heterocycles. The van der Waals surface area contributed by atoms with Gasteiger partial charge in [0, 0.05) is 50.0 Å². The summed E-state index contributed by atoms with van der Waals surface area (Å²) < 4.78 is 27.7. The van der Waals surface area contributed by atoms with Gasteiger partial charge in [-0.15, -0.1) is 0 Å². The van der Waals surface area contributed by atoms with Crippen LogP contribution in [0.1, 0.15) is 23.7 Å². The number of ketones is 1. The van der Waals surface area contributed by atoms with Crippen LogP contribution in [-0.2, 0) is 10.0 Å². The van der Waals surface area contributed by atoms with E-state index >= 15 is 0 Å². The van der Waals surface area contributed by atoms with Gasteiger partial charge in [0.2, 0.25) is 10.0 Å². The van der Waals surface area contributed by atoms with Gasteiger partial charge in [-0.3, -0.25) is 14.9 Å². The van der Waals surface area contributed by atoms with E-state index in [9.17, 15) is 23.3 Å². The Morgan fingerprint density at radius 3 is 2.24 bits per heavy atom. The number of carbonyl (C=O) groups excluding carboxylic acids is 1. The number of nitro groups is 1. The van der Waals surface area contributed by atoms with Crippen LogP contribution < -0.4 is 14.5 Å². The van der Waals surface area contributed by atoms with Crippen molar-refractivity contribution in [3.63, 3.8) is 0 Å². The van der Waals surface area contributed by atoms with Crippen molar-refractivity contribution in [3.8, 4) is 0 Å². The second kappa shape index (κ2) is 10.9. The maximum absolute atomic E-state index is 12.6. The average Bonchev–Trinajstić information content (AvgIpc) is 2.81. The zero-order valence-corrected chi connectivity index (χ0v) is 20.5. The van der Waals surface area contributed by atoms with Gasteiger partial charge in [-0.05, 0) is 70.4 Å². The van der Waals surface area contributed by atoms with Gasteiger partial charge in [-0.1, -0.05) is 0 Å². The van der Waals surface area contributed by atoms with Crippen molar-refractivity contribution in [1.82, 2.24) is 9.62 Å². The molecule has 1 heterocycles. The van der Waals surface area contributed by atoms with Crippen molar-refractivity contribution in [2.45, 2.75) is 18.2 Å². The van der Waals surface area contributed by atoms with Crippen molar-refractivity contribution >= 4 is 32.9 Å². The highest BCUT2D eigenvalue weighted by Gasteiger charge is 2.26. The van der Waals surface area contributed by atoms with Crippen LogP contribution in [0.5, 0.6) is 0 Å². The van der Waals surface area contributed by atoms with Crippen LogP contribution in [0, 0.1) is 10.1 Å². The van der Waals surface area contributed by atoms with E-state index in [1.54, 1.807) is 12.1 Å². The first-order chi connectivity index (χ1) is 16.1. The molecule has 1 N–H and O–H groups in total. The molecule has 0 aliphatic carbocycles. The molecule has 0 atom stereocenters. The van der Waals surface area contributed by atoms with Gasteiger partial charge in [-0.2, -0.15) is 0 Å². The molecule has 11 heteroatoms. The number of rotatable bonds is 10. The molecule has 0 radical (unpaired) electrons. The molecule has 2 aromatic rings. The normalized spacial score (nSPS) is 14.5. The summed E-state index contributed by atoms with van der Waals surface area (Å²) in [6, 6.07) is 11.5. The highest BCUT2D eigenvalue weighted by atomic mass is 32.2. The predicted octanol–water partition coefficient (Wildman–Crippen LogP) is 2.35. The van der Waals surface area contributed by atoms with E-state index in [1.807, 2.05) is 36.0 Å². The van der Waals surface area contributed by atoms with E-state index in [2.05, 4.69) is 9.62 Å². The Morgan fingerprint density at radius 2 is 1.68 bits per heavy atom. The number of nitrogens with zero attached hydrogens (tertiary/aromatic N) is 4. The Morgan fingerprint density at radius 1 is 1.06 bits per heavy atom. The minimum atomic E-state index is -3.84. The second-order valence-electron chi connectivity index (χ2n) is 8.54. The summed E-state index contributed by atoms with van der Waals surface area (Å²) in [5, 5.41) is 11.8. The Kier molecular flexibility index (Phi) is 8.24. The highest BCUT2D eigenvalue weighted by Crippen LogP contribution is 2.32. The first-order valence-electron chi connectivity index (χ1n) is 11.1. The van der Waals surface area contributed by atoms with E-state index in [0.29, 0.717) is 43.9 Å². The van der Waals surface area contributed by atoms with E-state index in [0.717, 1.165) is 18.3 Å². The van der Waals surface area contributed by atoms with Crippen molar-refractivity contribution < 1.29 is 18.1 Å². The number of carbonyl (C=O) groups is 1. The molecule has 10 nitrogen and oxygen atoms in total. The van der Waals surface area contributed by atoms with Crippen LogP contribution in [0.2, 0.25) is 0 Å². The van der Waals surface area contributed by atoms with Gasteiger partial charge in [-0.25, -0.2) is 13.1 Å². The molecule has 0 unspecified atom stereocenters. The smallest absolute Gasteiger partial charge is 0.293 e. The standard InChI is InChI=1S/C23H31N5O5S/c1-18(29)19-5-7-20(8-6-19)26-13-15-27(16-14-26)22-10-9-21(17-23(22)28(30)31)34(32,33)24-11-4-12-25(2)3/h5-10,17,24H,4,11-16H2,1-3H3. The zero-order chi connectivity index (χ0) is 24.9. The maximum atomic E-state index is 12.6. The lowest BCUT2D eigenvalue weighted by Crippen LogP contribution is -2.46. The molecule has 2 aromatic carbocycles. The third-order valence-corrected chi connectivity index (χ3v) is 7.25. The molecule has 1 fully saturated rings. The van der Waals surface area contributed by atoms with Gasteiger partial charge in [0.1, 0.15) is 5.69 Å².